The Balaban J connectivity index is 2.17. The Morgan fingerprint density at radius 1 is 1.00 bits per heavy atom. The Morgan fingerprint density at radius 3 is 2.18 bits per heavy atom. The number of anilines is 1. The van der Waals surface area contributed by atoms with Crippen molar-refractivity contribution in [2.45, 2.75) is 52.2 Å². The van der Waals surface area contributed by atoms with Crippen LogP contribution in [0.1, 0.15) is 39.2 Å². The molecule has 34 heavy (non-hydrogen) atoms. The van der Waals surface area contributed by atoms with Crippen LogP contribution in [-0.2, 0) is 26.2 Å². The van der Waals surface area contributed by atoms with Gasteiger partial charge in [0, 0.05) is 35.6 Å². The highest BCUT2D eigenvalue weighted by Crippen LogP contribution is 2.23. The van der Waals surface area contributed by atoms with Gasteiger partial charge in [0.25, 0.3) is 0 Å². The van der Waals surface area contributed by atoms with E-state index in [-0.39, 0.29) is 43.8 Å². The Labute approximate surface area is 212 Å². The number of nitrogens with one attached hydrogen (secondary N) is 1. The van der Waals surface area contributed by atoms with Gasteiger partial charge in [-0.2, -0.15) is 0 Å². The number of halogens is 2. The topological polar surface area (TPSA) is 86.8 Å². The number of carbonyl (C=O) groups is 2. The summed E-state index contributed by atoms with van der Waals surface area (Å²) in [6.07, 6.45) is 1.44. The van der Waals surface area contributed by atoms with Gasteiger partial charge in [-0.25, -0.2) is 8.42 Å². The molecule has 0 bridgehead atoms. The molecule has 0 saturated heterocycles. The van der Waals surface area contributed by atoms with Crippen LogP contribution in [0.4, 0.5) is 5.69 Å². The normalized spacial score (nSPS) is 12.3. The standard InChI is InChI=1S/C24H31Cl2N3O4S/c1-17(2)27-24(31)18(3)28(16-19-8-5-9-20(25)14-19)23(30)12-7-13-29(34(4,32)33)22-11-6-10-21(26)15-22/h5-6,8-11,14-15,17-18H,7,12-13,16H2,1-4H3,(H,27,31). The number of rotatable bonds is 11. The Hall–Kier alpha value is -2.29. The molecule has 0 aliphatic carbocycles. The summed E-state index contributed by atoms with van der Waals surface area (Å²) >= 11 is 12.1. The van der Waals surface area contributed by atoms with Crippen LogP contribution in [0.3, 0.4) is 0 Å². The predicted octanol–water partition coefficient (Wildman–Crippen LogP) is 4.48. The van der Waals surface area contributed by atoms with Crippen LogP contribution in [0.2, 0.25) is 10.0 Å². The summed E-state index contributed by atoms with van der Waals surface area (Å²) in [6, 6.07) is 12.9. The fourth-order valence-electron chi connectivity index (χ4n) is 3.45. The van der Waals surface area contributed by atoms with E-state index in [1.165, 1.54) is 9.21 Å². The summed E-state index contributed by atoms with van der Waals surface area (Å²) in [4.78, 5) is 27.4. The molecule has 0 radical (unpaired) electrons. The lowest BCUT2D eigenvalue weighted by atomic mass is 10.1. The fourth-order valence-corrected chi connectivity index (χ4v) is 4.81. The molecule has 186 valence electrons. The van der Waals surface area contributed by atoms with Gasteiger partial charge >= 0.3 is 0 Å². The van der Waals surface area contributed by atoms with Crippen molar-refractivity contribution >= 4 is 50.7 Å². The second kappa shape index (κ2) is 12.4. The molecule has 1 atom stereocenters. The van der Waals surface area contributed by atoms with Crippen LogP contribution in [-0.4, -0.2) is 50.0 Å². The highest BCUT2D eigenvalue weighted by Gasteiger charge is 2.27. The first-order chi connectivity index (χ1) is 15.9. The van der Waals surface area contributed by atoms with E-state index in [2.05, 4.69) is 5.32 Å². The summed E-state index contributed by atoms with van der Waals surface area (Å²) in [7, 11) is -3.58. The minimum absolute atomic E-state index is 0.0620. The molecule has 0 heterocycles. The smallest absolute Gasteiger partial charge is 0.242 e. The molecular formula is C24H31Cl2N3O4S. The summed E-state index contributed by atoms with van der Waals surface area (Å²) in [5, 5.41) is 3.79. The highest BCUT2D eigenvalue weighted by molar-refractivity contribution is 7.92. The van der Waals surface area contributed by atoms with Crippen molar-refractivity contribution in [2.24, 2.45) is 0 Å². The Morgan fingerprint density at radius 2 is 1.62 bits per heavy atom. The maximum atomic E-state index is 13.2. The molecule has 2 rings (SSSR count). The van der Waals surface area contributed by atoms with Crippen LogP contribution >= 0.6 is 23.2 Å². The molecule has 2 amide bonds. The van der Waals surface area contributed by atoms with Gasteiger partial charge in [0.2, 0.25) is 21.8 Å². The number of nitrogens with zero attached hydrogens (tertiary/aromatic N) is 2. The Kier molecular flexibility index (Phi) is 10.2. The molecule has 10 heteroatoms. The number of carbonyl (C=O) groups excluding carboxylic acids is 2. The zero-order valence-corrected chi connectivity index (χ0v) is 22.1. The van der Waals surface area contributed by atoms with E-state index in [1.807, 2.05) is 19.9 Å². The molecule has 1 unspecified atom stereocenters. The largest absolute Gasteiger partial charge is 0.352 e. The molecule has 0 saturated carbocycles. The molecule has 1 N–H and O–H groups in total. The fraction of sp³-hybridized carbons (Fsp3) is 0.417. The lowest BCUT2D eigenvalue weighted by molar-refractivity contribution is -0.140. The van der Waals surface area contributed by atoms with Crippen molar-refractivity contribution in [1.82, 2.24) is 10.2 Å². The molecule has 0 spiro atoms. The second-order valence-electron chi connectivity index (χ2n) is 8.41. The monoisotopic (exact) mass is 527 g/mol. The maximum Gasteiger partial charge on any atom is 0.242 e. The van der Waals surface area contributed by atoms with E-state index in [4.69, 9.17) is 23.2 Å². The molecule has 0 aromatic heterocycles. The van der Waals surface area contributed by atoms with Crippen LogP contribution in [0, 0.1) is 0 Å². The highest BCUT2D eigenvalue weighted by atomic mass is 35.5. The molecule has 2 aromatic carbocycles. The summed E-state index contributed by atoms with van der Waals surface area (Å²) in [5.74, 6) is -0.520. The van der Waals surface area contributed by atoms with Crippen molar-refractivity contribution in [3.63, 3.8) is 0 Å². The average molecular weight is 529 g/mol. The van der Waals surface area contributed by atoms with Crippen LogP contribution < -0.4 is 9.62 Å². The molecule has 0 aliphatic rings. The van der Waals surface area contributed by atoms with E-state index < -0.39 is 16.1 Å². The molecule has 0 aliphatic heterocycles. The summed E-state index contributed by atoms with van der Waals surface area (Å²) in [6.45, 7) is 5.68. The molecular weight excluding hydrogens is 497 g/mol. The zero-order valence-electron chi connectivity index (χ0n) is 19.8. The third kappa shape index (κ3) is 8.49. The van der Waals surface area contributed by atoms with E-state index in [0.29, 0.717) is 15.7 Å². The van der Waals surface area contributed by atoms with Gasteiger partial charge < -0.3 is 10.2 Å². The second-order valence-corrected chi connectivity index (χ2v) is 11.2. The first-order valence-corrected chi connectivity index (χ1v) is 13.6. The first kappa shape index (κ1) is 28.0. The number of sulfonamides is 1. The minimum Gasteiger partial charge on any atom is -0.352 e. The van der Waals surface area contributed by atoms with Crippen LogP contribution in [0.5, 0.6) is 0 Å². The van der Waals surface area contributed by atoms with Crippen LogP contribution in [0.15, 0.2) is 48.5 Å². The minimum atomic E-state index is -3.58. The zero-order chi connectivity index (χ0) is 25.5. The van der Waals surface area contributed by atoms with E-state index in [9.17, 15) is 18.0 Å². The third-order valence-corrected chi connectivity index (χ3v) is 6.75. The third-order valence-electron chi connectivity index (χ3n) is 5.09. The summed E-state index contributed by atoms with van der Waals surface area (Å²) < 4.78 is 25.9. The number of hydrogen-bond donors (Lipinski definition) is 1. The first-order valence-electron chi connectivity index (χ1n) is 11.0. The van der Waals surface area contributed by atoms with Crippen molar-refractivity contribution in [1.29, 1.82) is 0 Å². The van der Waals surface area contributed by atoms with Crippen molar-refractivity contribution in [3.8, 4) is 0 Å². The van der Waals surface area contributed by atoms with Gasteiger partial charge in [-0.15, -0.1) is 0 Å². The lowest BCUT2D eigenvalue weighted by Gasteiger charge is -2.30. The number of hydrogen-bond acceptors (Lipinski definition) is 4. The predicted molar refractivity (Wildman–Crippen MR) is 138 cm³/mol. The van der Waals surface area contributed by atoms with E-state index in [0.717, 1.165) is 11.8 Å². The van der Waals surface area contributed by atoms with E-state index in [1.54, 1.807) is 49.4 Å². The van der Waals surface area contributed by atoms with Gasteiger partial charge in [0.1, 0.15) is 6.04 Å². The lowest BCUT2D eigenvalue weighted by Crippen LogP contribution is -2.49. The quantitative estimate of drug-likeness (QED) is 0.466. The Bertz CT molecular complexity index is 1110. The number of benzene rings is 2. The SMILES string of the molecule is CC(C)NC(=O)C(C)N(Cc1cccc(Cl)c1)C(=O)CCCN(c1cccc(Cl)c1)S(C)(=O)=O. The van der Waals surface area contributed by atoms with Gasteiger partial charge in [-0.1, -0.05) is 41.4 Å². The van der Waals surface area contributed by atoms with Gasteiger partial charge in [0.05, 0.1) is 11.9 Å². The average Bonchev–Trinajstić information content (AvgIpc) is 2.73. The van der Waals surface area contributed by atoms with Crippen molar-refractivity contribution < 1.29 is 18.0 Å². The molecule has 2 aromatic rings. The van der Waals surface area contributed by atoms with Gasteiger partial charge in [0.15, 0.2) is 0 Å². The molecule has 0 fully saturated rings. The van der Waals surface area contributed by atoms with Crippen LogP contribution in [0.25, 0.3) is 0 Å². The summed E-state index contributed by atoms with van der Waals surface area (Å²) in [5.41, 5.74) is 1.23. The molecule has 7 nitrogen and oxygen atoms in total. The number of amides is 2. The van der Waals surface area contributed by atoms with Gasteiger partial charge in [-0.3, -0.25) is 13.9 Å². The van der Waals surface area contributed by atoms with Gasteiger partial charge in [-0.05, 0) is 63.1 Å². The van der Waals surface area contributed by atoms with Crippen molar-refractivity contribution in [3.05, 3.63) is 64.1 Å². The van der Waals surface area contributed by atoms with Crippen molar-refractivity contribution in [2.75, 3.05) is 17.1 Å². The maximum absolute atomic E-state index is 13.2. The van der Waals surface area contributed by atoms with E-state index >= 15 is 0 Å².